The zero-order valence-electron chi connectivity index (χ0n) is 33.7. The maximum Gasteiger partial charge on any atom is 0.199 e. The molecule has 0 saturated heterocycles. The Kier molecular flexibility index (Phi) is 8.05. The largest absolute Gasteiger partial charge is 0.453 e. The van der Waals surface area contributed by atoms with E-state index in [1.54, 1.807) is 0 Å². The van der Waals surface area contributed by atoms with E-state index in [-0.39, 0.29) is 0 Å². The SMILES string of the molecule is [C-]#[N+]c1cc2c3cc4ccc(N(c5ccccc5)c5cccc(C)c5C)cc4cc3oc2c2oc3cc4cc(N(c5ccccc5)c5cccc(C)c5C)ccc4cc3c12. The van der Waals surface area contributed by atoms with E-state index < -0.39 is 0 Å². The van der Waals surface area contributed by atoms with Crippen LogP contribution in [-0.4, -0.2) is 0 Å². The minimum Gasteiger partial charge on any atom is -0.453 e. The van der Waals surface area contributed by atoms with E-state index in [0.717, 1.165) is 82.8 Å². The molecule has 0 N–H and O–H groups in total. The summed E-state index contributed by atoms with van der Waals surface area (Å²) < 4.78 is 13.5. The monoisotopic (exact) mass is 773 g/mol. The Morgan fingerprint density at radius 1 is 0.417 bits per heavy atom. The van der Waals surface area contributed by atoms with Crippen molar-refractivity contribution in [3.63, 3.8) is 0 Å². The molecule has 9 aromatic carbocycles. The van der Waals surface area contributed by atoms with Crippen LogP contribution in [0.2, 0.25) is 0 Å². The quantitative estimate of drug-likeness (QED) is 0.158. The van der Waals surface area contributed by atoms with Crippen molar-refractivity contribution in [3.05, 3.63) is 197 Å². The van der Waals surface area contributed by atoms with Gasteiger partial charge in [0.05, 0.1) is 6.57 Å². The Balaban J connectivity index is 1.07. The minimum atomic E-state index is 0.544. The fourth-order valence-electron chi connectivity index (χ4n) is 8.94. The molecular weight excluding hydrogens is 735 g/mol. The second-order valence-corrected chi connectivity index (χ2v) is 15.8. The van der Waals surface area contributed by atoms with Crippen molar-refractivity contribution in [3.8, 4) is 0 Å². The predicted molar refractivity (Wildman–Crippen MR) is 251 cm³/mol. The summed E-state index contributed by atoms with van der Waals surface area (Å²) in [5, 5.41) is 7.75. The summed E-state index contributed by atoms with van der Waals surface area (Å²) >= 11 is 0. The van der Waals surface area contributed by atoms with Crippen molar-refractivity contribution < 1.29 is 8.83 Å². The second kappa shape index (κ2) is 13.7. The van der Waals surface area contributed by atoms with E-state index in [1.807, 2.05) is 18.2 Å². The van der Waals surface area contributed by atoms with Gasteiger partial charge in [0, 0.05) is 55.7 Å². The average molecular weight is 774 g/mol. The second-order valence-electron chi connectivity index (χ2n) is 15.8. The summed E-state index contributed by atoms with van der Waals surface area (Å²) in [6.07, 6.45) is 0. The number of fused-ring (bicyclic) bond motifs is 9. The number of hydrogen-bond donors (Lipinski definition) is 0. The molecule has 60 heavy (non-hydrogen) atoms. The third-order valence-electron chi connectivity index (χ3n) is 12.3. The van der Waals surface area contributed by atoms with Crippen molar-refractivity contribution in [2.45, 2.75) is 27.7 Å². The minimum absolute atomic E-state index is 0.544. The summed E-state index contributed by atoms with van der Waals surface area (Å²) in [4.78, 5) is 8.69. The lowest BCUT2D eigenvalue weighted by Crippen LogP contribution is -2.11. The van der Waals surface area contributed by atoms with Crippen LogP contribution in [0.1, 0.15) is 22.3 Å². The van der Waals surface area contributed by atoms with Crippen LogP contribution in [0.25, 0.3) is 70.3 Å². The molecule has 286 valence electrons. The number of benzene rings is 9. The number of anilines is 6. The summed E-state index contributed by atoms with van der Waals surface area (Å²) in [6, 6.07) is 57.6. The Hall–Kier alpha value is -7.81. The van der Waals surface area contributed by atoms with Crippen molar-refractivity contribution in [2.75, 3.05) is 9.80 Å². The molecule has 0 unspecified atom stereocenters. The fourth-order valence-corrected chi connectivity index (χ4v) is 8.94. The van der Waals surface area contributed by atoms with Crippen molar-refractivity contribution in [2.24, 2.45) is 0 Å². The first-order valence-corrected chi connectivity index (χ1v) is 20.3. The smallest absolute Gasteiger partial charge is 0.199 e. The molecule has 5 heteroatoms. The highest BCUT2D eigenvalue weighted by molar-refractivity contribution is 6.25. The molecule has 11 rings (SSSR count). The number of nitrogens with zero attached hydrogens (tertiary/aromatic N) is 3. The Bertz CT molecular complexity index is 3560. The standard InChI is InChI=1S/C55H39N3O2/c1-33-14-12-20-49(35(33)3)57(41-16-8-6-9-17-41)43-24-22-37-28-45-46-32-48(56-5)53-47-29-38-23-25-44(58(42-18-10-7-11-19-42)50-21-13-15-34(2)36(50)4)27-40(38)31-52(47)60-55(53)54(46)59-51(45)30-39(37)26-43/h6-32H,1-4H3. The van der Waals surface area contributed by atoms with Crippen LogP contribution in [0.3, 0.4) is 0 Å². The highest BCUT2D eigenvalue weighted by Gasteiger charge is 2.23. The molecule has 0 aliphatic heterocycles. The van der Waals surface area contributed by atoms with E-state index in [4.69, 9.17) is 15.4 Å². The number of aryl methyl sites for hydroxylation is 2. The molecule has 2 aromatic heterocycles. The molecule has 0 radical (unpaired) electrons. The number of rotatable bonds is 6. The number of hydrogen-bond acceptors (Lipinski definition) is 4. The molecule has 2 heterocycles. The van der Waals surface area contributed by atoms with Gasteiger partial charge in [-0.15, -0.1) is 0 Å². The van der Waals surface area contributed by atoms with Gasteiger partial charge in [0.2, 0.25) is 0 Å². The van der Waals surface area contributed by atoms with Gasteiger partial charge in [0.1, 0.15) is 11.2 Å². The van der Waals surface area contributed by atoms with Gasteiger partial charge in [0.25, 0.3) is 0 Å². The van der Waals surface area contributed by atoms with Crippen molar-refractivity contribution in [1.29, 1.82) is 0 Å². The first-order chi connectivity index (χ1) is 29.3. The third-order valence-corrected chi connectivity index (χ3v) is 12.3. The van der Waals surface area contributed by atoms with Crippen LogP contribution >= 0.6 is 0 Å². The molecule has 0 aliphatic rings. The first-order valence-electron chi connectivity index (χ1n) is 20.3. The summed E-state index contributed by atoms with van der Waals surface area (Å²) in [6.45, 7) is 17.0. The Morgan fingerprint density at radius 2 is 0.917 bits per heavy atom. The molecule has 0 spiro atoms. The van der Waals surface area contributed by atoms with E-state index in [0.29, 0.717) is 22.4 Å². The van der Waals surface area contributed by atoms with Gasteiger partial charge < -0.3 is 18.6 Å². The molecule has 0 bridgehead atoms. The van der Waals surface area contributed by atoms with Gasteiger partial charge in [-0.05, 0) is 162 Å². The molecule has 11 aromatic rings. The van der Waals surface area contributed by atoms with E-state index in [1.165, 1.54) is 22.3 Å². The highest BCUT2D eigenvalue weighted by Crippen LogP contribution is 2.47. The molecular formula is C55H39N3O2. The molecule has 0 aliphatic carbocycles. The van der Waals surface area contributed by atoms with Crippen molar-refractivity contribution in [1.82, 2.24) is 0 Å². The maximum absolute atomic E-state index is 8.32. The zero-order valence-corrected chi connectivity index (χ0v) is 33.7. The van der Waals surface area contributed by atoms with E-state index in [9.17, 15) is 0 Å². The lowest BCUT2D eigenvalue weighted by atomic mass is 10.0. The topological polar surface area (TPSA) is 37.1 Å². The van der Waals surface area contributed by atoms with Crippen LogP contribution in [-0.2, 0) is 0 Å². The van der Waals surface area contributed by atoms with Gasteiger partial charge in [-0.2, -0.15) is 0 Å². The summed E-state index contributed by atoms with van der Waals surface area (Å²) in [7, 11) is 0. The molecule has 0 fully saturated rings. The predicted octanol–water partition coefficient (Wildman–Crippen LogP) is 16.5. The number of para-hydroxylation sites is 2. The van der Waals surface area contributed by atoms with Crippen LogP contribution < -0.4 is 9.80 Å². The summed E-state index contributed by atoms with van der Waals surface area (Å²) in [5.74, 6) is 0. The molecule has 0 amide bonds. The Morgan fingerprint density at radius 3 is 1.45 bits per heavy atom. The normalized spacial score (nSPS) is 11.7. The van der Waals surface area contributed by atoms with Crippen LogP contribution in [0.15, 0.2) is 173 Å². The third kappa shape index (κ3) is 5.53. The van der Waals surface area contributed by atoms with Crippen molar-refractivity contribution >= 4 is 105 Å². The van der Waals surface area contributed by atoms with Gasteiger partial charge in [-0.25, -0.2) is 4.85 Å². The fraction of sp³-hybridized carbons (Fsp3) is 0.0727. The van der Waals surface area contributed by atoms with E-state index in [2.05, 4.69) is 188 Å². The van der Waals surface area contributed by atoms with Crippen LogP contribution in [0.4, 0.5) is 39.8 Å². The molecule has 0 atom stereocenters. The van der Waals surface area contributed by atoms with Crippen LogP contribution in [0.5, 0.6) is 0 Å². The lowest BCUT2D eigenvalue weighted by molar-refractivity contribution is 0.634. The average Bonchev–Trinajstić information content (AvgIpc) is 3.83. The Labute approximate surface area is 347 Å². The zero-order chi connectivity index (χ0) is 40.6. The van der Waals surface area contributed by atoms with E-state index >= 15 is 0 Å². The highest BCUT2D eigenvalue weighted by atomic mass is 16.4. The van der Waals surface area contributed by atoms with Gasteiger partial charge in [0.15, 0.2) is 16.9 Å². The van der Waals surface area contributed by atoms with Gasteiger partial charge >= 0.3 is 0 Å². The maximum atomic E-state index is 8.32. The van der Waals surface area contributed by atoms with Gasteiger partial charge in [-0.1, -0.05) is 72.8 Å². The molecule has 5 nitrogen and oxygen atoms in total. The van der Waals surface area contributed by atoms with Gasteiger partial charge in [-0.3, -0.25) is 0 Å². The lowest BCUT2D eigenvalue weighted by Gasteiger charge is -2.28. The summed E-state index contributed by atoms with van der Waals surface area (Å²) in [5.41, 5.74) is 14.8. The molecule has 0 saturated carbocycles. The van der Waals surface area contributed by atoms with Crippen LogP contribution in [0, 0.1) is 34.3 Å². The number of furan rings is 2. The first kappa shape index (κ1) is 35.4.